The summed E-state index contributed by atoms with van der Waals surface area (Å²) in [4.78, 5) is 2.49. The molecule has 73 heavy (non-hydrogen) atoms. The predicted octanol–water partition coefficient (Wildman–Crippen LogP) is 18.2. The Morgan fingerprint density at radius 2 is 0.822 bits per heavy atom. The van der Waals surface area contributed by atoms with Gasteiger partial charge in [-0.25, -0.2) is 0 Å². The largest absolute Gasteiger partial charge is 0.456 e. The molecule has 0 N–H and O–H groups in total. The summed E-state index contributed by atoms with van der Waals surface area (Å²) >= 11 is 0. The second-order valence-electron chi connectivity index (χ2n) is 19.8. The van der Waals surface area contributed by atoms with E-state index in [9.17, 15) is 0 Å². The number of ether oxygens (including phenoxy) is 1. The van der Waals surface area contributed by atoms with Crippen LogP contribution in [0.3, 0.4) is 0 Å². The van der Waals surface area contributed by atoms with E-state index in [1.54, 1.807) is 0 Å². The molecule has 0 unspecified atom stereocenters. The Morgan fingerprint density at radius 1 is 0.301 bits per heavy atom. The van der Waals surface area contributed by atoms with E-state index >= 15 is 0 Å². The van der Waals surface area contributed by atoms with E-state index in [-0.39, 0.29) is 0 Å². The molecule has 0 fully saturated rings. The molecule has 1 aliphatic heterocycles. The van der Waals surface area contributed by atoms with E-state index < -0.39 is 10.8 Å². The van der Waals surface area contributed by atoms with Gasteiger partial charge < -0.3 is 14.1 Å². The fourth-order valence-corrected chi connectivity index (χ4v) is 13.5. The van der Waals surface area contributed by atoms with Gasteiger partial charge in [-0.3, -0.25) is 0 Å². The zero-order chi connectivity index (χ0) is 47.8. The number of benzene rings is 12. The van der Waals surface area contributed by atoms with Gasteiger partial charge in [0.1, 0.15) is 22.7 Å². The maximum Gasteiger partial charge on any atom is 0.140 e. The summed E-state index contributed by atoms with van der Waals surface area (Å²) < 4.78 is 14.1. The standard InChI is InChI=1S/C70H43NO2/c1-3-20-46(21-4-1)69(47-22-5-2-6-23-47)58-30-15-12-28-56(58)66-59(69)31-17-32-63(66)71(49-37-39-55-54-27-13-16-33-64(54)72-65(55)43-49)48-36-38-53-52-26-11-14-29-57(52)70(62(53)42-48)60-40-34-44-18-7-9-24-50(44)67(60)73-68-51-25-10-8-19-45(51)35-41-61(68)70/h1-43H. The average Bonchev–Trinajstić information content (AvgIpc) is 4.15. The van der Waals surface area contributed by atoms with Crippen LogP contribution in [0.15, 0.2) is 265 Å². The van der Waals surface area contributed by atoms with Crippen molar-refractivity contribution in [2.75, 3.05) is 4.90 Å². The van der Waals surface area contributed by atoms with Crippen LogP contribution in [-0.2, 0) is 10.8 Å². The molecule has 2 aliphatic carbocycles. The maximum atomic E-state index is 7.36. The first-order chi connectivity index (χ1) is 36.2. The molecule has 1 aromatic heterocycles. The van der Waals surface area contributed by atoms with Crippen LogP contribution >= 0.6 is 0 Å². The van der Waals surface area contributed by atoms with Crippen molar-refractivity contribution in [2.24, 2.45) is 0 Å². The lowest BCUT2D eigenvalue weighted by Gasteiger charge is -2.40. The number of nitrogens with zero attached hydrogens (tertiary/aromatic N) is 1. The number of hydrogen-bond donors (Lipinski definition) is 0. The van der Waals surface area contributed by atoms with Gasteiger partial charge in [-0.1, -0.05) is 218 Å². The molecule has 16 rings (SSSR count). The minimum atomic E-state index is -0.728. The van der Waals surface area contributed by atoms with E-state index in [2.05, 4.69) is 260 Å². The summed E-state index contributed by atoms with van der Waals surface area (Å²) in [5, 5.41) is 6.68. The number of anilines is 3. The molecule has 2 heterocycles. The van der Waals surface area contributed by atoms with Crippen LogP contribution in [0.5, 0.6) is 11.5 Å². The Bertz CT molecular complexity index is 4310. The van der Waals surface area contributed by atoms with Gasteiger partial charge in [-0.05, 0) is 97.2 Å². The summed E-state index contributed by atoms with van der Waals surface area (Å²) in [6, 6.07) is 96.0. The third-order valence-corrected chi connectivity index (χ3v) is 16.4. The van der Waals surface area contributed by atoms with Crippen LogP contribution in [0.4, 0.5) is 17.1 Å². The van der Waals surface area contributed by atoms with Crippen LogP contribution in [0.2, 0.25) is 0 Å². The quantitative estimate of drug-likeness (QED) is 0.172. The van der Waals surface area contributed by atoms with Gasteiger partial charge in [0.05, 0.1) is 16.5 Å². The van der Waals surface area contributed by atoms with E-state index in [1.165, 1.54) is 55.6 Å². The molecule has 0 bridgehead atoms. The van der Waals surface area contributed by atoms with Crippen LogP contribution < -0.4 is 9.64 Å². The third-order valence-electron chi connectivity index (χ3n) is 16.4. The normalized spacial score (nSPS) is 14.1. The molecule has 13 aromatic rings. The molecular formula is C70H43NO2. The van der Waals surface area contributed by atoms with Crippen molar-refractivity contribution in [3.8, 4) is 33.8 Å². The first kappa shape index (κ1) is 40.3. The van der Waals surface area contributed by atoms with E-state index in [0.29, 0.717) is 0 Å². The zero-order valence-corrected chi connectivity index (χ0v) is 39.6. The number of rotatable bonds is 5. The minimum absolute atomic E-state index is 0.580. The number of fused-ring (bicyclic) bond motifs is 19. The molecule has 3 nitrogen and oxygen atoms in total. The molecule has 0 amide bonds. The van der Waals surface area contributed by atoms with Crippen LogP contribution in [-0.4, -0.2) is 0 Å². The highest BCUT2D eigenvalue weighted by molar-refractivity contribution is 6.07. The van der Waals surface area contributed by atoms with Crippen molar-refractivity contribution >= 4 is 60.5 Å². The number of para-hydroxylation sites is 1. The highest BCUT2D eigenvalue weighted by Gasteiger charge is 2.53. The van der Waals surface area contributed by atoms with E-state index in [1.807, 2.05) is 6.07 Å². The molecule has 0 radical (unpaired) electrons. The molecule has 0 saturated carbocycles. The lowest BCUT2D eigenvalue weighted by molar-refractivity contribution is 0.447. The third kappa shape index (κ3) is 5.33. The molecule has 12 aromatic carbocycles. The highest BCUT2D eigenvalue weighted by Crippen LogP contribution is 2.65. The maximum absolute atomic E-state index is 7.36. The second kappa shape index (κ2) is 15.0. The smallest absolute Gasteiger partial charge is 0.140 e. The lowest BCUT2D eigenvalue weighted by atomic mass is 9.65. The predicted molar refractivity (Wildman–Crippen MR) is 298 cm³/mol. The molecule has 0 saturated heterocycles. The zero-order valence-electron chi connectivity index (χ0n) is 39.6. The van der Waals surface area contributed by atoms with Crippen molar-refractivity contribution < 1.29 is 9.15 Å². The molecule has 1 spiro atoms. The molecular weight excluding hydrogens is 887 g/mol. The lowest BCUT2D eigenvalue weighted by Crippen LogP contribution is -2.32. The van der Waals surface area contributed by atoms with Gasteiger partial charge in [0.2, 0.25) is 0 Å². The Morgan fingerprint density at radius 3 is 1.52 bits per heavy atom. The molecule has 3 aliphatic rings. The Labute approximate surface area is 422 Å². The molecule has 340 valence electrons. The topological polar surface area (TPSA) is 25.6 Å². The summed E-state index contributed by atoms with van der Waals surface area (Å²) in [6.45, 7) is 0. The SMILES string of the molecule is c1ccc(C2(c3ccccc3)c3ccccc3-c3c(N(c4ccc5c(c4)C4(c6ccccc6-5)c5ccc6ccccc6c5Oc5c4ccc4ccccc54)c4ccc5c(c4)oc4ccccc45)cccc32)cc1. The Hall–Kier alpha value is -9.44. The van der Waals surface area contributed by atoms with E-state index in [4.69, 9.17) is 9.15 Å². The first-order valence-corrected chi connectivity index (χ1v) is 25.2. The van der Waals surface area contributed by atoms with Crippen LogP contribution in [0.1, 0.15) is 44.5 Å². The molecule has 3 heteroatoms. The number of furan rings is 1. The minimum Gasteiger partial charge on any atom is -0.456 e. The summed E-state index contributed by atoms with van der Waals surface area (Å²) in [6.07, 6.45) is 0. The van der Waals surface area contributed by atoms with Gasteiger partial charge in [0.15, 0.2) is 0 Å². The Balaban J connectivity index is 1.02. The molecule has 0 atom stereocenters. The van der Waals surface area contributed by atoms with Gasteiger partial charge >= 0.3 is 0 Å². The monoisotopic (exact) mass is 929 g/mol. The van der Waals surface area contributed by atoms with Crippen molar-refractivity contribution in [1.29, 1.82) is 0 Å². The highest BCUT2D eigenvalue weighted by atomic mass is 16.5. The van der Waals surface area contributed by atoms with Crippen molar-refractivity contribution in [1.82, 2.24) is 0 Å². The summed E-state index contributed by atoms with van der Waals surface area (Å²) in [5.74, 6) is 1.80. The van der Waals surface area contributed by atoms with E-state index in [0.717, 1.165) is 83.2 Å². The second-order valence-corrected chi connectivity index (χ2v) is 19.8. The van der Waals surface area contributed by atoms with Crippen LogP contribution in [0, 0.1) is 0 Å². The van der Waals surface area contributed by atoms with Crippen LogP contribution in [0.25, 0.3) is 65.7 Å². The fraction of sp³-hybridized carbons (Fsp3) is 0.0286. The van der Waals surface area contributed by atoms with Crippen molar-refractivity contribution in [3.05, 3.63) is 305 Å². The van der Waals surface area contributed by atoms with Crippen molar-refractivity contribution in [3.63, 3.8) is 0 Å². The number of hydrogen-bond acceptors (Lipinski definition) is 3. The van der Waals surface area contributed by atoms with Gasteiger partial charge in [0, 0.05) is 55.7 Å². The average molecular weight is 930 g/mol. The Kier molecular flexibility index (Phi) is 8.30. The fourth-order valence-electron chi connectivity index (χ4n) is 13.5. The summed E-state index contributed by atoms with van der Waals surface area (Å²) in [7, 11) is 0. The van der Waals surface area contributed by atoms with Crippen molar-refractivity contribution in [2.45, 2.75) is 10.8 Å². The van der Waals surface area contributed by atoms with Gasteiger partial charge in [-0.15, -0.1) is 0 Å². The van der Waals surface area contributed by atoms with Gasteiger partial charge in [-0.2, -0.15) is 0 Å². The van der Waals surface area contributed by atoms with Gasteiger partial charge in [0.25, 0.3) is 0 Å². The first-order valence-electron chi connectivity index (χ1n) is 25.2. The summed E-state index contributed by atoms with van der Waals surface area (Å²) in [5.41, 5.74) is 18.1.